The van der Waals surface area contributed by atoms with Crippen LogP contribution in [0.5, 0.6) is 11.8 Å². The molecule has 0 amide bonds. The summed E-state index contributed by atoms with van der Waals surface area (Å²) in [5.74, 6) is -1.32. The van der Waals surface area contributed by atoms with E-state index in [0.717, 1.165) is 19.0 Å². The van der Waals surface area contributed by atoms with Gasteiger partial charge in [0.05, 0.1) is 39.3 Å². The van der Waals surface area contributed by atoms with E-state index >= 15 is 4.39 Å². The topological polar surface area (TPSA) is 131 Å². The third-order valence-electron chi connectivity index (χ3n) is 9.43. The molecular weight excluding hydrogens is 661 g/mol. The molecule has 4 N–H and O–H groups in total. The number of fused-ring (bicyclic) bond motifs is 1. The minimum Gasteiger partial charge on any atom is -0.489 e. The van der Waals surface area contributed by atoms with E-state index in [1.54, 1.807) is 18.6 Å². The molecule has 0 unspecified atom stereocenters. The highest BCUT2D eigenvalue weighted by molar-refractivity contribution is 6.36. The number of alkyl halides is 4. The number of nitrogen functional groups attached to an aromatic ring is 1. The van der Waals surface area contributed by atoms with Crippen LogP contribution in [0.2, 0.25) is 5.02 Å². The lowest BCUT2D eigenvalue weighted by Crippen LogP contribution is -2.45. The number of nitrogens with two attached hydrogens (primary N) is 2. The fourth-order valence-electron chi connectivity index (χ4n) is 7.24. The van der Waals surface area contributed by atoms with Crippen molar-refractivity contribution in [3.8, 4) is 23.0 Å². The number of benzene rings is 1. The Morgan fingerprint density at radius 2 is 2.00 bits per heavy atom. The van der Waals surface area contributed by atoms with E-state index in [2.05, 4.69) is 24.8 Å². The van der Waals surface area contributed by atoms with Crippen LogP contribution in [0, 0.1) is 12.7 Å². The quantitative estimate of drug-likeness (QED) is 0.336. The first-order valence-electron chi connectivity index (χ1n) is 15.5. The summed E-state index contributed by atoms with van der Waals surface area (Å²) in [5, 5.41) is -0.369. The third-order valence-corrected chi connectivity index (χ3v) is 9.79. The largest absolute Gasteiger partial charge is 0.489 e. The summed E-state index contributed by atoms with van der Waals surface area (Å²) in [6.45, 7) is 3.29. The van der Waals surface area contributed by atoms with Crippen molar-refractivity contribution in [2.75, 3.05) is 56.6 Å². The molecule has 17 heteroatoms. The highest BCUT2D eigenvalue weighted by Gasteiger charge is 2.49. The number of aromatic nitrogens is 3. The number of ether oxygens (including phenoxy) is 2. The average Bonchev–Trinajstić information content (AvgIpc) is 3.47. The number of hydrogen-bond donors (Lipinski definition) is 2. The smallest absolute Gasteiger partial charge is 0.418 e. The molecule has 3 atom stereocenters. The number of aliphatic imine (C=N–C) groups is 1. The first-order chi connectivity index (χ1) is 22.9. The summed E-state index contributed by atoms with van der Waals surface area (Å²) in [4.78, 5) is 22.8. The first-order valence-corrected chi connectivity index (χ1v) is 15.9. The predicted octanol–water partition coefficient (Wildman–Crippen LogP) is 4.69. The lowest BCUT2D eigenvalue weighted by molar-refractivity contribution is -0.137. The van der Waals surface area contributed by atoms with Crippen LogP contribution in [0.1, 0.15) is 30.4 Å². The molecule has 7 rings (SSSR count). The highest BCUT2D eigenvalue weighted by Crippen LogP contribution is 2.50. The molecule has 2 fully saturated rings. The van der Waals surface area contributed by atoms with Crippen LogP contribution in [0.15, 0.2) is 23.5 Å². The zero-order valence-corrected chi connectivity index (χ0v) is 26.7. The Morgan fingerprint density at radius 1 is 1.19 bits per heavy atom. The zero-order chi connectivity index (χ0) is 34.0. The van der Waals surface area contributed by atoms with E-state index in [-0.39, 0.29) is 66.0 Å². The van der Waals surface area contributed by atoms with Crippen molar-refractivity contribution in [1.82, 2.24) is 24.8 Å². The molecule has 3 aromatic rings. The number of aryl methyl sites for hydroxylation is 1. The number of halogens is 6. The third kappa shape index (κ3) is 5.62. The van der Waals surface area contributed by atoms with Crippen LogP contribution >= 0.6 is 11.6 Å². The lowest BCUT2D eigenvalue weighted by atomic mass is 9.95. The number of pyridine rings is 1. The summed E-state index contributed by atoms with van der Waals surface area (Å²) >= 11 is 6.75. The molecule has 4 aliphatic rings. The molecule has 6 heterocycles. The number of rotatable bonds is 7. The minimum atomic E-state index is -4.92. The molecule has 0 aliphatic carbocycles. The van der Waals surface area contributed by atoms with Gasteiger partial charge in [-0.05, 0) is 37.9 Å². The minimum absolute atomic E-state index is 0.0290. The molecule has 2 aromatic heterocycles. The van der Waals surface area contributed by atoms with Gasteiger partial charge in [0.15, 0.2) is 11.6 Å². The fraction of sp³-hybridized carbons (Fsp3) is 0.484. The van der Waals surface area contributed by atoms with Crippen LogP contribution in [0.25, 0.3) is 22.2 Å². The molecule has 2 saturated heterocycles. The zero-order valence-electron chi connectivity index (χ0n) is 25.9. The normalized spacial score (nSPS) is 23.9. The Kier molecular flexibility index (Phi) is 8.23. The first kappa shape index (κ1) is 32.5. The van der Waals surface area contributed by atoms with Crippen molar-refractivity contribution in [1.29, 1.82) is 0 Å². The van der Waals surface area contributed by atoms with Crippen LogP contribution in [0.4, 0.5) is 33.6 Å². The summed E-state index contributed by atoms with van der Waals surface area (Å²) in [7, 11) is 0. The van der Waals surface area contributed by atoms with E-state index in [4.69, 9.17) is 32.5 Å². The van der Waals surface area contributed by atoms with Crippen molar-refractivity contribution in [3.63, 3.8) is 0 Å². The molecule has 0 bridgehead atoms. The molecule has 48 heavy (non-hydrogen) atoms. The number of anilines is 2. The van der Waals surface area contributed by atoms with Crippen molar-refractivity contribution in [2.24, 2.45) is 10.7 Å². The second kappa shape index (κ2) is 12.1. The molecule has 256 valence electrons. The summed E-state index contributed by atoms with van der Waals surface area (Å²) in [6, 6.07) is 0.835. The van der Waals surface area contributed by atoms with Gasteiger partial charge >= 0.3 is 12.2 Å². The Morgan fingerprint density at radius 3 is 2.77 bits per heavy atom. The summed E-state index contributed by atoms with van der Waals surface area (Å²) in [5.41, 5.74) is 8.20. The van der Waals surface area contributed by atoms with Gasteiger partial charge in [-0.15, -0.1) is 0 Å². The second-order valence-electron chi connectivity index (χ2n) is 12.5. The Labute approximate surface area is 277 Å². The van der Waals surface area contributed by atoms with E-state index in [1.807, 2.05) is 9.80 Å². The molecule has 0 saturated carbocycles. The van der Waals surface area contributed by atoms with Crippen molar-refractivity contribution in [2.45, 2.75) is 50.2 Å². The van der Waals surface area contributed by atoms with Gasteiger partial charge in [-0.3, -0.25) is 9.89 Å². The van der Waals surface area contributed by atoms with Gasteiger partial charge in [-0.2, -0.15) is 23.1 Å². The SMILES string of the molecule is Cc1cc(N)nc(-c2c(Cl)c3c4c(nc(OC[C@@]56CCCN5C[C@H](F)C6)nc4c2F)N(CCN2C=CN=C[C@H]2N)CCO3)c1C(F)(F)F. The molecule has 0 radical (unpaired) electrons. The maximum atomic E-state index is 16.9. The molecular formula is C31H33ClF5N9O2. The van der Waals surface area contributed by atoms with Gasteiger partial charge in [0, 0.05) is 44.7 Å². The van der Waals surface area contributed by atoms with Gasteiger partial charge < -0.3 is 30.7 Å². The van der Waals surface area contributed by atoms with Crippen LogP contribution in [-0.2, 0) is 6.18 Å². The van der Waals surface area contributed by atoms with E-state index in [0.29, 0.717) is 26.1 Å². The molecule has 11 nitrogen and oxygen atoms in total. The van der Waals surface area contributed by atoms with Crippen LogP contribution < -0.4 is 25.8 Å². The van der Waals surface area contributed by atoms with Gasteiger partial charge in [-0.1, -0.05) is 11.6 Å². The van der Waals surface area contributed by atoms with Crippen molar-refractivity contribution < 1.29 is 31.4 Å². The number of nitrogens with zero attached hydrogens (tertiary/aromatic N) is 7. The molecule has 4 aliphatic heterocycles. The van der Waals surface area contributed by atoms with Crippen molar-refractivity contribution in [3.05, 3.63) is 40.4 Å². The monoisotopic (exact) mass is 693 g/mol. The van der Waals surface area contributed by atoms with Crippen LogP contribution in [0.3, 0.4) is 0 Å². The lowest BCUT2D eigenvalue weighted by Gasteiger charge is -2.31. The molecule has 1 aromatic carbocycles. The Hall–Kier alpha value is -4.02. The molecule has 0 spiro atoms. The van der Waals surface area contributed by atoms with E-state index < -0.39 is 51.7 Å². The maximum Gasteiger partial charge on any atom is 0.418 e. The van der Waals surface area contributed by atoms with E-state index in [9.17, 15) is 17.6 Å². The predicted molar refractivity (Wildman–Crippen MR) is 170 cm³/mol. The van der Waals surface area contributed by atoms with Gasteiger partial charge in [-0.25, -0.2) is 13.8 Å². The van der Waals surface area contributed by atoms with E-state index in [1.165, 1.54) is 6.92 Å². The summed E-state index contributed by atoms with van der Waals surface area (Å²) in [6.07, 6.45) is 0.392. The standard InChI is InChI=1S/C31H33ClF5N9O2/c1-16-11-18(38)41-25(22(16)31(35,36)37)20-23(32)27-21-26(24(20)34)42-29(48-15-30-3-2-5-46(30)14-17(33)12-30)43-28(21)45(9-10-47-27)8-7-44-6-4-40-13-19(44)39/h4,6,11,13,17,19H,2-3,5,7-10,12,14-15,39H2,1H3,(H2,38,41)/t17-,19+,30+/m1/s1. The van der Waals surface area contributed by atoms with Crippen molar-refractivity contribution >= 4 is 40.4 Å². The second-order valence-corrected chi connectivity index (χ2v) is 12.9. The van der Waals surface area contributed by atoms with Gasteiger partial charge in [0.1, 0.15) is 42.7 Å². The van der Waals surface area contributed by atoms with Gasteiger partial charge in [0.2, 0.25) is 0 Å². The fourth-order valence-corrected chi connectivity index (χ4v) is 7.57. The van der Waals surface area contributed by atoms with Gasteiger partial charge in [0.25, 0.3) is 0 Å². The Bertz CT molecular complexity index is 1830. The summed E-state index contributed by atoms with van der Waals surface area (Å²) < 4.78 is 86.7. The number of hydrogen-bond acceptors (Lipinski definition) is 11. The average molecular weight is 694 g/mol. The Balaban J connectivity index is 1.38. The van der Waals surface area contributed by atoms with Crippen LogP contribution in [-0.4, -0.2) is 94.8 Å². The highest BCUT2D eigenvalue weighted by atomic mass is 35.5. The maximum absolute atomic E-state index is 16.9.